The molecule has 1 saturated heterocycles. The van der Waals surface area contributed by atoms with Gasteiger partial charge in [0.25, 0.3) is 11.8 Å². The molecule has 9 heteroatoms. The summed E-state index contributed by atoms with van der Waals surface area (Å²) >= 11 is 13.6. The summed E-state index contributed by atoms with van der Waals surface area (Å²) in [5.74, 6) is -0.588. The molecule has 3 aliphatic rings. The monoisotopic (exact) mass is 503 g/mol. The molecule has 34 heavy (non-hydrogen) atoms. The fourth-order valence-corrected chi connectivity index (χ4v) is 5.97. The number of fused-ring (bicyclic) bond motifs is 2. The third-order valence-electron chi connectivity index (χ3n) is 7.09. The zero-order valence-corrected chi connectivity index (χ0v) is 20.8. The quantitative estimate of drug-likeness (QED) is 0.589. The minimum absolute atomic E-state index is 0.185. The Hall–Kier alpha value is -2.35. The average Bonchev–Trinajstić information content (AvgIpc) is 3.32. The fourth-order valence-electron chi connectivity index (χ4n) is 5.32. The van der Waals surface area contributed by atoms with Crippen molar-refractivity contribution in [2.45, 2.75) is 45.1 Å². The second kappa shape index (κ2) is 9.36. The van der Waals surface area contributed by atoms with Crippen LogP contribution in [0.4, 0.5) is 5.69 Å². The molecule has 4 heterocycles. The van der Waals surface area contributed by atoms with E-state index in [0.717, 1.165) is 36.2 Å². The first-order valence-corrected chi connectivity index (χ1v) is 12.5. The Balaban J connectivity index is 1.47. The summed E-state index contributed by atoms with van der Waals surface area (Å²) in [6, 6.07) is 3.97. The van der Waals surface area contributed by atoms with Crippen LogP contribution in [-0.4, -0.2) is 61.3 Å². The highest BCUT2D eigenvalue weighted by atomic mass is 35.5. The standard InChI is InChI=1S/C25H27Cl2N3O4/c1-3-30(15-5-9-33-10-6-15)20-12-19(26)17-4-8-29(25(32)21(17)22(20)27)13-18-23-16(7-11-34-23)14(2)28-24(18)31/h7,11-12,15,18H,3-6,8-10,13H2,1-2H3. The third-order valence-corrected chi connectivity index (χ3v) is 7.81. The van der Waals surface area contributed by atoms with Crippen LogP contribution in [0, 0.1) is 0 Å². The van der Waals surface area contributed by atoms with Crippen LogP contribution in [0.2, 0.25) is 10.0 Å². The topological polar surface area (TPSA) is 75.4 Å². The first-order valence-electron chi connectivity index (χ1n) is 11.7. The molecule has 2 aromatic rings. The zero-order chi connectivity index (χ0) is 24.0. The van der Waals surface area contributed by atoms with Gasteiger partial charge in [0.1, 0.15) is 11.7 Å². The smallest absolute Gasteiger partial charge is 0.258 e. The Morgan fingerprint density at radius 3 is 2.74 bits per heavy atom. The van der Waals surface area contributed by atoms with Crippen molar-refractivity contribution in [3.8, 4) is 0 Å². The van der Waals surface area contributed by atoms with Crippen LogP contribution in [0.15, 0.2) is 27.8 Å². The molecule has 1 aromatic carbocycles. The highest BCUT2D eigenvalue weighted by Gasteiger charge is 2.38. The molecular formula is C25H27Cl2N3O4. The van der Waals surface area contributed by atoms with Crippen LogP contribution >= 0.6 is 23.2 Å². The van der Waals surface area contributed by atoms with Crippen LogP contribution < -0.4 is 4.90 Å². The second-order valence-electron chi connectivity index (χ2n) is 8.96. The molecular weight excluding hydrogens is 477 g/mol. The molecule has 0 radical (unpaired) electrons. The van der Waals surface area contributed by atoms with Gasteiger partial charge in [-0.05, 0) is 50.8 Å². The molecule has 1 aromatic heterocycles. The molecule has 1 fully saturated rings. The second-order valence-corrected chi connectivity index (χ2v) is 9.75. The predicted molar refractivity (Wildman–Crippen MR) is 132 cm³/mol. The molecule has 1 atom stereocenters. The maximum absolute atomic E-state index is 13.7. The molecule has 1 unspecified atom stereocenters. The van der Waals surface area contributed by atoms with E-state index in [4.69, 9.17) is 32.4 Å². The fraction of sp³-hybridized carbons (Fsp3) is 0.480. The molecule has 5 rings (SSSR count). The largest absolute Gasteiger partial charge is 0.468 e. The summed E-state index contributed by atoms with van der Waals surface area (Å²) in [4.78, 5) is 34.5. The molecule has 180 valence electrons. The summed E-state index contributed by atoms with van der Waals surface area (Å²) in [6.07, 6.45) is 3.92. The van der Waals surface area contributed by atoms with E-state index in [2.05, 4.69) is 16.8 Å². The van der Waals surface area contributed by atoms with Crippen molar-refractivity contribution in [1.29, 1.82) is 0 Å². The number of aliphatic imine (C=N–C) groups is 1. The molecule has 2 amide bonds. The van der Waals surface area contributed by atoms with Gasteiger partial charge in [-0.3, -0.25) is 9.59 Å². The van der Waals surface area contributed by atoms with E-state index >= 15 is 0 Å². The summed E-state index contributed by atoms with van der Waals surface area (Å²) in [6.45, 7) is 6.64. The van der Waals surface area contributed by atoms with Crippen molar-refractivity contribution >= 4 is 46.4 Å². The van der Waals surface area contributed by atoms with Gasteiger partial charge in [0.2, 0.25) is 0 Å². The molecule has 0 spiro atoms. The first kappa shape index (κ1) is 23.4. The Labute approximate surface area is 208 Å². The molecule has 7 nitrogen and oxygen atoms in total. The number of ether oxygens (including phenoxy) is 1. The summed E-state index contributed by atoms with van der Waals surface area (Å²) in [5.41, 5.74) is 3.42. The number of nitrogens with zero attached hydrogens (tertiary/aromatic N) is 3. The van der Waals surface area contributed by atoms with Crippen LogP contribution in [0.1, 0.15) is 59.9 Å². The van der Waals surface area contributed by atoms with Crippen LogP contribution in [0.3, 0.4) is 0 Å². The highest BCUT2D eigenvalue weighted by molar-refractivity contribution is 6.39. The van der Waals surface area contributed by atoms with Gasteiger partial charge in [-0.1, -0.05) is 23.2 Å². The minimum atomic E-state index is -0.633. The minimum Gasteiger partial charge on any atom is -0.468 e. The van der Waals surface area contributed by atoms with Gasteiger partial charge in [0, 0.05) is 49.5 Å². The number of amides is 2. The molecule has 0 bridgehead atoms. The van der Waals surface area contributed by atoms with Gasteiger partial charge in [0.05, 0.1) is 28.2 Å². The highest BCUT2D eigenvalue weighted by Crippen LogP contribution is 2.41. The van der Waals surface area contributed by atoms with Crippen molar-refractivity contribution in [1.82, 2.24) is 4.90 Å². The number of carbonyl (C=O) groups excluding carboxylic acids is 2. The average molecular weight is 504 g/mol. The van der Waals surface area contributed by atoms with Crippen LogP contribution in [-0.2, 0) is 16.0 Å². The maximum Gasteiger partial charge on any atom is 0.258 e. The van der Waals surface area contributed by atoms with Crippen molar-refractivity contribution in [3.63, 3.8) is 0 Å². The van der Waals surface area contributed by atoms with Gasteiger partial charge < -0.3 is 19.0 Å². The lowest BCUT2D eigenvalue weighted by Crippen LogP contribution is -2.43. The number of hydrogen-bond acceptors (Lipinski definition) is 5. The van der Waals surface area contributed by atoms with Gasteiger partial charge in [-0.2, -0.15) is 0 Å². The Morgan fingerprint density at radius 2 is 2.00 bits per heavy atom. The van der Waals surface area contributed by atoms with Crippen molar-refractivity contribution < 1.29 is 18.7 Å². The van der Waals surface area contributed by atoms with Gasteiger partial charge in [-0.15, -0.1) is 0 Å². The van der Waals surface area contributed by atoms with E-state index in [0.29, 0.717) is 53.3 Å². The SMILES string of the molecule is CCN(c1cc(Cl)c2c(c1Cl)C(=O)N(CC1C(=O)N=C(C)c3ccoc31)CC2)C1CCOCC1. The van der Waals surface area contributed by atoms with Gasteiger partial charge in [-0.25, -0.2) is 4.99 Å². The summed E-state index contributed by atoms with van der Waals surface area (Å²) in [5, 5.41) is 0.972. The normalized spacial score (nSPS) is 20.8. The van der Waals surface area contributed by atoms with E-state index in [-0.39, 0.29) is 24.4 Å². The molecule has 3 aliphatic heterocycles. The Morgan fingerprint density at radius 1 is 1.24 bits per heavy atom. The number of rotatable bonds is 5. The lowest BCUT2D eigenvalue weighted by molar-refractivity contribution is -0.120. The number of benzene rings is 1. The van der Waals surface area contributed by atoms with Gasteiger partial charge in [0.15, 0.2) is 0 Å². The van der Waals surface area contributed by atoms with Crippen LogP contribution in [0.5, 0.6) is 0 Å². The van der Waals surface area contributed by atoms with E-state index in [9.17, 15) is 9.59 Å². The lowest BCUT2D eigenvalue weighted by atomic mass is 9.93. The number of halogens is 2. The van der Waals surface area contributed by atoms with Crippen LogP contribution in [0.25, 0.3) is 0 Å². The summed E-state index contributed by atoms with van der Waals surface area (Å²) < 4.78 is 11.1. The van der Waals surface area contributed by atoms with Crippen molar-refractivity contribution in [3.05, 3.63) is 50.9 Å². The predicted octanol–water partition coefficient (Wildman–Crippen LogP) is 4.72. The Bertz CT molecular complexity index is 1170. The third kappa shape index (κ3) is 3.93. The first-order chi connectivity index (χ1) is 16.4. The maximum atomic E-state index is 13.7. The van der Waals surface area contributed by atoms with Crippen molar-refractivity contribution in [2.24, 2.45) is 4.99 Å². The Kier molecular flexibility index (Phi) is 6.44. The van der Waals surface area contributed by atoms with E-state index in [1.54, 1.807) is 24.2 Å². The molecule has 0 aliphatic carbocycles. The number of anilines is 1. The van der Waals surface area contributed by atoms with E-state index in [1.807, 2.05) is 6.07 Å². The van der Waals surface area contributed by atoms with Gasteiger partial charge >= 0.3 is 0 Å². The van der Waals surface area contributed by atoms with E-state index < -0.39 is 5.92 Å². The summed E-state index contributed by atoms with van der Waals surface area (Å²) in [7, 11) is 0. The number of furan rings is 1. The van der Waals surface area contributed by atoms with E-state index in [1.165, 1.54) is 0 Å². The van der Waals surface area contributed by atoms with Crippen molar-refractivity contribution in [2.75, 3.05) is 37.7 Å². The number of hydrogen-bond donors (Lipinski definition) is 0. The lowest BCUT2D eigenvalue weighted by Gasteiger charge is -2.38. The molecule has 0 N–H and O–H groups in total. The zero-order valence-electron chi connectivity index (χ0n) is 19.3. The number of carbonyl (C=O) groups is 2. The molecule has 0 saturated carbocycles.